The van der Waals surface area contributed by atoms with E-state index in [0.717, 1.165) is 30.9 Å². The minimum absolute atomic E-state index is 0.108. The standard InChI is InChI=1S/C23H27N3O4/c1-17-13-19(7-8-21(17)26-10-9-24-23(26)28)22(27)30-16-20-15-25(11-12-29-20)14-18-5-3-2-4-6-18/h2-8,13,20H,9-12,14-16H2,1H3,(H,24,28). The summed E-state index contributed by atoms with van der Waals surface area (Å²) in [5.74, 6) is -0.376. The number of nitrogens with zero attached hydrogens (tertiary/aromatic N) is 2. The van der Waals surface area contributed by atoms with Crippen LogP contribution in [-0.4, -0.2) is 62.4 Å². The topological polar surface area (TPSA) is 71.1 Å². The van der Waals surface area contributed by atoms with E-state index in [0.29, 0.717) is 25.3 Å². The number of nitrogens with one attached hydrogen (secondary N) is 1. The highest BCUT2D eigenvalue weighted by molar-refractivity contribution is 5.96. The Labute approximate surface area is 176 Å². The number of carbonyl (C=O) groups is 2. The summed E-state index contributed by atoms with van der Waals surface area (Å²) in [5, 5.41) is 2.79. The second kappa shape index (κ2) is 9.28. The number of hydrogen-bond acceptors (Lipinski definition) is 5. The van der Waals surface area contributed by atoms with Gasteiger partial charge in [-0.25, -0.2) is 9.59 Å². The van der Waals surface area contributed by atoms with Crippen molar-refractivity contribution >= 4 is 17.7 Å². The number of amides is 2. The summed E-state index contributed by atoms with van der Waals surface area (Å²) in [6, 6.07) is 15.5. The van der Waals surface area contributed by atoms with Crippen molar-refractivity contribution in [2.24, 2.45) is 0 Å². The van der Waals surface area contributed by atoms with Crippen molar-refractivity contribution in [2.75, 3.05) is 44.3 Å². The lowest BCUT2D eigenvalue weighted by Crippen LogP contribution is -2.44. The summed E-state index contributed by atoms with van der Waals surface area (Å²) in [7, 11) is 0. The summed E-state index contributed by atoms with van der Waals surface area (Å²) >= 11 is 0. The number of urea groups is 1. The highest BCUT2D eigenvalue weighted by Gasteiger charge is 2.24. The molecule has 0 aliphatic carbocycles. The first-order chi connectivity index (χ1) is 14.6. The van der Waals surface area contributed by atoms with Gasteiger partial charge in [0.25, 0.3) is 0 Å². The van der Waals surface area contributed by atoms with Gasteiger partial charge in [-0.1, -0.05) is 30.3 Å². The van der Waals surface area contributed by atoms with Crippen LogP contribution in [0.2, 0.25) is 0 Å². The van der Waals surface area contributed by atoms with E-state index in [2.05, 4.69) is 22.3 Å². The van der Waals surface area contributed by atoms with Gasteiger partial charge in [0.2, 0.25) is 0 Å². The van der Waals surface area contributed by atoms with Crippen LogP contribution >= 0.6 is 0 Å². The lowest BCUT2D eigenvalue weighted by Gasteiger charge is -2.32. The molecule has 2 aromatic carbocycles. The molecule has 30 heavy (non-hydrogen) atoms. The molecule has 2 aromatic rings. The van der Waals surface area contributed by atoms with Crippen molar-refractivity contribution in [1.82, 2.24) is 10.2 Å². The van der Waals surface area contributed by atoms with Gasteiger partial charge in [-0.05, 0) is 36.2 Å². The molecule has 7 nitrogen and oxygen atoms in total. The Balaban J connectivity index is 1.31. The molecule has 158 valence electrons. The molecular formula is C23H27N3O4. The molecule has 0 saturated carbocycles. The molecule has 2 saturated heterocycles. The number of morpholine rings is 1. The number of aryl methyl sites for hydroxylation is 1. The maximum absolute atomic E-state index is 12.5. The smallest absolute Gasteiger partial charge is 0.338 e. The second-order valence-corrected chi connectivity index (χ2v) is 7.70. The van der Waals surface area contributed by atoms with Gasteiger partial charge in [0.05, 0.1) is 12.2 Å². The average molecular weight is 409 g/mol. The van der Waals surface area contributed by atoms with Gasteiger partial charge in [0.15, 0.2) is 0 Å². The summed E-state index contributed by atoms with van der Waals surface area (Å²) in [5.41, 5.74) is 3.42. The third-order valence-electron chi connectivity index (χ3n) is 5.45. The van der Waals surface area contributed by atoms with Crippen LogP contribution < -0.4 is 10.2 Å². The maximum Gasteiger partial charge on any atom is 0.338 e. The molecule has 0 aromatic heterocycles. The fraction of sp³-hybridized carbons (Fsp3) is 0.391. The molecule has 1 N–H and O–H groups in total. The predicted octanol–water partition coefficient (Wildman–Crippen LogP) is 2.58. The highest BCUT2D eigenvalue weighted by atomic mass is 16.6. The zero-order chi connectivity index (χ0) is 20.9. The third kappa shape index (κ3) is 4.80. The summed E-state index contributed by atoms with van der Waals surface area (Å²) < 4.78 is 11.3. The Morgan fingerprint density at radius 3 is 2.77 bits per heavy atom. The predicted molar refractivity (Wildman–Crippen MR) is 114 cm³/mol. The Hall–Kier alpha value is -2.90. The molecule has 0 radical (unpaired) electrons. The normalized spacial score (nSPS) is 19.6. The van der Waals surface area contributed by atoms with Crippen LogP contribution in [0, 0.1) is 6.92 Å². The zero-order valence-corrected chi connectivity index (χ0v) is 17.2. The molecule has 1 unspecified atom stereocenters. The summed E-state index contributed by atoms with van der Waals surface area (Å²) in [4.78, 5) is 28.4. The molecule has 2 aliphatic rings. The van der Waals surface area contributed by atoms with E-state index in [-0.39, 0.29) is 24.7 Å². The molecular weight excluding hydrogens is 382 g/mol. The van der Waals surface area contributed by atoms with Crippen LogP contribution in [-0.2, 0) is 16.0 Å². The molecule has 0 spiro atoms. The van der Waals surface area contributed by atoms with Crippen molar-refractivity contribution in [1.29, 1.82) is 0 Å². The Bertz CT molecular complexity index is 903. The first-order valence-corrected chi connectivity index (χ1v) is 10.3. The van der Waals surface area contributed by atoms with Crippen LogP contribution in [0.25, 0.3) is 0 Å². The zero-order valence-electron chi connectivity index (χ0n) is 17.2. The number of anilines is 1. The largest absolute Gasteiger partial charge is 0.459 e. The molecule has 4 rings (SSSR count). The fourth-order valence-corrected chi connectivity index (χ4v) is 3.91. The summed E-state index contributed by atoms with van der Waals surface area (Å²) in [6.45, 7) is 6.45. The van der Waals surface area contributed by atoms with Crippen LogP contribution in [0.1, 0.15) is 21.5 Å². The van der Waals surface area contributed by atoms with Gasteiger partial charge < -0.3 is 14.8 Å². The molecule has 2 heterocycles. The van der Waals surface area contributed by atoms with Crippen LogP contribution in [0.4, 0.5) is 10.5 Å². The lowest BCUT2D eigenvalue weighted by atomic mass is 10.1. The lowest BCUT2D eigenvalue weighted by molar-refractivity contribution is -0.0612. The first kappa shape index (κ1) is 20.4. The van der Waals surface area contributed by atoms with E-state index in [1.165, 1.54) is 5.56 Å². The van der Waals surface area contributed by atoms with Gasteiger partial charge in [-0.2, -0.15) is 0 Å². The number of hydrogen-bond donors (Lipinski definition) is 1. The van der Waals surface area contributed by atoms with Gasteiger partial charge in [-0.15, -0.1) is 0 Å². The van der Waals surface area contributed by atoms with Crippen molar-refractivity contribution in [3.05, 3.63) is 65.2 Å². The molecule has 2 fully saturated rings. The highest BCUT2D eigenvalue weighted by Crippen LogP contribution is 2.23. The monoisotopic (exact) mass is 409 g/mol. The SMILES string of the molecule is Cc1cc(C(=O)OCC2CN(Cc3ccccc3)CCO2)ccc1N1CCNC1=O. The van der Waals surface area contributed by atoms with Gasteiger partial charge in [-0.3, -0.25) is 9.80 Å². The molecule has 0 bridgehead atoms. The Kier molecular flexibility index (Phi) is 6.30. The van der Waals surface area contributed by atoms with Gasteiger partial charge in [0.1, 0.15) is 12.7 Å². The van der Waals surface area contributed by atoms with Crippen molar-refractivity contribution in [2.45, 2.75) is 19.6 Å². The van der Waals surface area contributed by atoms with Crippen molar-refractivity contribution in [3.8, 4) is 0 Å². The third-order valence-corrected chi connectivity index (χ3v) is 5.45. The number of ether oxygens (including phenoxy) is 2. The quantitative estimate of drug-likeness (QED) is 0.743. The number of benzene rings is 2. The fourth-order valence-electron chi connectivity index (χ4n) is 3.91. The maximum atomic E-state index is 12.5. The minimum Gasteiger partial charge on any atom is -0.459 e. The van der Waals surface area contributed by atoms with E-state index in [1.807, 2.05) is 25.1 Å². The van der Waals surface area contributed by atoms with Gasteiger partial charge in [0, 0.05) is 38.4 Å². The minimum atomic E-state index is -0.376. The Morgan fingerprint density at radius 2 is 2.03 bits per heavy atom. The van der Waals surface area contributed by atoms with Crippen molar-refractivity contribution in [3.63, 3.8) is 0 Å². The van der Waals surface area contributed by atoms with Crippen LogP contribution in [0.15, 0.2) is 48.5 Å². The van der Waals surface area contributed by atoms with E-state index in [4.69, 9.17) is 9.47 Å². The van der Waals surface area contributed by atoms with E-state index in [9.17, 15) is 9.59 Å². The number of esters is 1. The molecule has 1 atom stereocenters. The van der Waals surface area contributed by atoms with Crippen LogP contribution in [0.5, 0.6) is 0 Å². The molecule has 7 heteroatoms. The molecule has 2 amide bonds. The first-order valence-electron chi connectivity index (χ1n) is 10.3. The Morgan fingerprint density at radius 1 is 1.20 bits per heavy atom. The summed E-state index contributed by atoms with van der Waals surface area (Å²) in [6.07, 6.45) is -0.139. The van der Waals surface area contributed by atoms with Crippen LogP contribution in [0.3, 0.4) is 0 Å². The van der Waals surface area contributed by atoms with E-state index >= 15 is 0 Å². The average Bonchev–Trinajstić information content (AvgIpc) is 3.18. The second-order valence-electron chi connectivity index (χ2n) is 7.70. The number of carbonyl (C=O) groups excluding carboxylic acids is 2. The van der Waals surface area contributed by atoms with Crippen molar-refractivity contribution < 1.29 is 19.1 Å². The number of rotatable bonds is 6. The molecule has 2 aliphatic heterocycles. The van der Waals surface area contributed by atoms with Gasteiger partial charge >= 0.3 is 12.0 Å². The van der Waals surface area contributed by atoms with E-state index in [1.54, 1.807) is 23.1 Å². The van der Waals surface area contributed by atoms with E-state index < -0.39 is 0 Å².